The normalized spacial score (nSPS) is 23.1. The van der Waals surface area contributed by atoms with Crippen LogP contribution in [-0.2, 0) is 16.0 Å². The van der Waals surface area contributed by atoms with Gasteiger partial charge in [-0.2, -0.15) is 8.78 Å². The van der Waals surface area contributed by atoms with Crippen LogP contribution in [0.4, 0.5) is 13.2 Å². The predicted octanol–water partition coefficient (Wildman–Crippen LogP) is 5.30. The average molecular weight is 573 g/mol. The molecule has 1 saturated carbocycles. The fourth-order valence-corrected chi connectivity index (χ4v) is 4.03. The summed E-state index contributed by atoms with van der Waals surface area (Å²) in [6.45, 7) is 0.0569. The van der Waals surface area contributed by atoms with Crippen molar-refractivity contribution in [1.82, 2.24) is 4.98 Å². The molecule has 1 heterocycles. The van der Waals surface area contributed by atoms with Crippen LogP contribution in [0.5, 0.6) is 11.5 Å². The zero-order chi connectivity index (χ0) is 27.8. The lowest BCUT2D eigenvalue weighted by Crippen LogP contribution is -2.38. The summed E-state index contributed by atoms with van der Waals surface area (Å²) in [6.07, 6.45) is 4.29. The standard InChI is InChI=1S/C26H27F3N2O7.ClH/c1-13(30)20-16(10-26(23(34)35)8-7-25(2,22(32)33)11-19(26)27)31-21(38-20)15-5-6-17(37-24(28)29)18(9-15)36-12-14-3-4-14;/h5-9,11,13-14,24H,3-4,10,12,30H2,1-2H3,(H,32,33)(H,34,35);1H/t13?,25?,26-;/m0./s1. The molecule has 1 fully saturated rings. The fourth-order valence-electron chi connectivity index (χ4n) is 4.03. The molecule has 13 heteroatoms. The van der Waals surface area contributed by atoms with Crippen molar-refractivity contribution >= 4 is 24.3 Å². The van der Waals surface area contributed by atoms with E-state index in [1.807, 2.05) is 0 Å². The zero-order valence-corrected chi connectivity index (χ0v) is 21.8. The molecule has 2 aromatic rings. The molecule has 3 atom stereocenters. The second-order valence-corrected chi connectivity index (χ2v) is 9.78. The predicted molar refractivity (Wildman–Crippen MR) is 134 cm³/mol. The molecule has 0 saturated heterocycles. The molecule has 9 nitrogen and oxygen atoms in total. The number of oxazole rings is 1. The van der Waals surface area contributed by atoms with Gasteiger partial charge in [0.25, 0.3) is 0 Å². The molecular formula is C26H28ClF3N2O7. The molecular weight excluding hydrogens is 545 g/mol. The maximum Gasteiger partial charge on any atom is 0.387 e. The summed E-state index contributed by atoms with van der Waals surface area (Å²) in [5, 5.41) is 19.4. The van der Waals surface area contributed by atoms with E-state index in [0.29, 0.717) is 18.1 Å². The SMILES string of the molecule is CC(N)c1oc(-c2ccc(OC(F)F)c(OCC3CC3)c2)nc1C[C@@]1(C(=O)O)C=CC(C)(C(=O)O)C=C1F.Cl. The lowest BCUT2D eigenvalue weighted by molar-refractivity contribution is -0.147. The van der Waals surface area contributed by atoms with Crippen LogP contribution in [-0.4, -0.2) is 40.4 Å². The van der Waals surface area contributed by atoms with Gasteiger partial charge >= 0.3 is 18.6 Å². The van der Waals surface area contributed by atoms with Crippen molar-refractivity contribution in [2.45, 2.75) is 45.8 Å². The van der Waals surface area contributed by atoms with Gasteiger partial charge in [0.05, 0.1) is 18.3 Å². The number of benzene rings is 1. The Morgan fingerprint density at radius 3 is 2.44 bits per heavy atom. The number of carboxylic acid groups (broad SMARTS) is 2. The number of carboxylic acids is 2. The molecule has 0 radical (unpaired) electrons. The molecule has 2 aliphatic rings. The summed E-state index contributed by atoms with van der Waals surface area (Å²) in [5.74, 6) is -3.79. The Bertz CT molecular complexity index is 1310. The van der Waals surface area contributed by atoms with Crippen LogP contribution in [0.25, 0.3) is 11.5 Å². The number of carbonyl (C=O) groups is 2. The number of rotatable bonds is 11. The Morgan fingerprint density at radius 2 is 1.90 bits per heavy atom. The van der Waals surface area contributed by atoms with Crippen LogP contribution in [0.15, 0.2) is 46.7 Å². The van der Waals surface area contributed by atoms with Crippen LogP contribution in [0.2, 0.25) is 0 Å². The van der Waals surface area contributed by atoms with Gasteiger partial charge in [-0.15, -0.1) is 12.4 Å². The first-order valence-electron chi connectivity index (χ1n) is 11.9. The van der Waals surface area contributed by atoms with Gasteiger partial charge in [-0.25, -0.2) is 9.37 Å². The molecule has 0 bridgehead atoms. The van der Waals surface area contributed by atoms with Crippen molar-refractivity contribution in [1.29, 1.82) is 0 Å². The molecule has 212 valence electrons. The first kappa shape index (κ1) is 30.0. The molecule has 2 aliphatic carbocycles. The highest BCUT2D eigenvalue weighted by molar-refractivity contribution is 5.86. The van der Waals surface area contributed by atoms with Gasteiger partial charge in [-0.1, -0.05) is 12.2 Å². The third kappa shape index (κ3) is 6.22. The summed E-state index contributed by atoms with van der Waals surface area (Å²) in [5.41, 5.74) is 2.42. The van der Waals surface area contributed by atoms with E-state index in [1.54, 1.807) is 6.92 Å². The lowest BCUT2D eigenvalue weighted by atomic mass is 9.72. The molecule has 1 aromatic carbocycles. The van der Waals surface area contributed by atoms with E-state index in [9.17, 15) is 28.6 Å². The summed E-state index contributed by atoms with van der Waals surface area (Å²) in [4.78, 5) is 28.2. The Labute approximate surface area is 227 Å². The van der Waals surface area contributed by atoms with Crippen LogP contribution in [0, 0.1) is 16.7 Å². The van der Waals surface area contributed by atoms with E-state index in [0.717, 1.165) is 31.1 Å². The van der Waals surface area contributed by atoms with Crippen molar-refractivity contribution in [2.24, 2.45) is 22.5 Å². The number of halogens is 4. The molecule has 0 spiro atoms. The van der Waals surface area contributed by atoms with Gasteiger partial charge in [0.1, 0.15) is 22.4 Å². The van der Waals surface area contributed by atoms with E-state index in [2.05, 4.69) is 9.72 Å². The second-order valence-electron chi connectivity index (χ2n) is 9.78. The molecule has 39 heavy (non-hydrogen) atoms. The Kier molecular flexibility index (Phi) is 8.71. The maximum atomic E-state index is 15.3. The average Bonchev–Trinajstić information content (AvgIpc) is 3.57. The van der Waals surface area contributed by atoms with Crippen LogP contribution in [0.3, 0.4) is 0 Å². The number of hydrogen-bond donors (Lipinski definition) is 3. The van der Waals surface area contributed by atoms with Gasteiger partial charge in [-0.3, -0.25) is 9.59 Å². The minimum atomic E-state index is -3.07. The van der Waals surface area contributed by atoms with E-state index in [-0.39, 0.29) is 41.3 Å². The highest BCUT2D eigenvalue weighted by Crippen LogP contribution is 2.44. The van der Waals surface area contributed by atoms with E-state index in [1.165, 1.54) is 25.1 Å². The van der Waals surface area contributed by atoms with Crippen molar-refractivity contribution < 1.29 is 46.9 Å². The van der Waals surface area contributed by atoms with Gasteiger partial charge in [0.2, 0.25) is 5.89 Å². The summed E-state index contributed by atoms with van der Waals surface area (Å²) >= 11 is 0. The highest BCUT2D eigenvalue weighted by Gasteiger charge is 2.48. The topological polar surface area (TPSA) is 145 Å². The van der Waals surface area contributed by atoms with Crippen molar-refractivity contribution in [2.75, 3.05) is 6.61 Å². The molecule has 4 rings (SSSR count). The number of ether oxygens (including phenoxy) is 2. The summed E-state index contributed by atoms with van der Waals surface area (Å²) < 4.78 is 57.1. The number of nitrogens with zero attached hydrogens (tertiary/aromatic N) is 1. The maximum absolute atomic E-state index is 15.3. The first-order chi connectivity index (χ1) is 17.8. The van der Waals surface area contributed by atoms with E-state index in [4.69, 9.17) is 14.9 Å². The minimum absolute atomic E-state index is 0. The third-order valence-electron chi connectivity index (χ3n) is 6.57. The number of alkyl halides is 2. The smallest absolute Gasteiger partial charge is 0.387 e. The minimum Gasteiger partial charge on any atom is -0.489 e. The largest absolute Gasteiger partial charge is 0.489 e. The van der Waals surface area contributed by atoms with Crippen LogP contribution >= 0.6 is 12.4 Å². The van der Waals surface area contributed by atoms with E-state index < -0.39 is 47.7 Å². The first-order valence-corrected chi connectivity index (χ1v) is 11.9. The molecule has 0 aliphatic heterocycles. The molecule has 0 amide bonds. The Balaban J connectivity index is 0.00000420. The lowest BCUT2D eigenvalue weighted by Gasteiger charge is -2.31. The molecule has 1 aromatic heterocycles. The number of aliphatic carboxylic acids is 2. The van der Waals surface area contributed by atoms with Gasteiger partial charge in [0.15, 0.2) is 11.5 Å². The van der Waals surface area contributed by atoms with Crippen molar-refractivity contribution in [3.63, 3.8) is 0 Å². The summed E-state index contributed by atoms with van der Waals surface area (Å²) in [6, 6.07) is 3.33. The Morgan fingerprint density at radius 1 is 1.21 bits per heavy atom. The number of hydrogen-bond acceptors (Lipinski definition) is 7. The molecule has 4 N–H and O–H groups in total. The quantitative estimate of drug-likeness (QED) is 0.305. The molecule has 2 unspecified atom stereocenters. The number of aromatic nitrogens is 1. The highest BCUT2D eigenvalue weighted by atomic mass is 35.5. The zero-order valence-electron chi connectivity index (χ0n) is 21.0. The van der Waals surface area contributed by atoms with Gasteiger partial charge in [-0.05, 0) is 56.9 Å². The van der Waals surface area contributed by atoms with Crippen LogP contribution in [0.1, 0.15) is 44.2 Å². The summed E-state index contributed by atoms with van der Waals surface area (Å²) in [7, 11) is 0. The van der Waals surface area contributed by atoms with Crippen molar-refractivity contribution in [3.05, 3.63) is 53.7 Å². The monoisotopic (exact) mass is 572 g/mol. The van der Waals surface area contributed by atoms with Crippen molar-refractivity contribution in [3.8, 4) is 23.0 Å². The third-order valence-corrected chi connectivity index (χ3v) is 6.57. The number of nitrogens with two attached hydrogens (primary N) is 1. The van der Waals surface area contributed by atoms with Gasteiger partial charge in [0, 0.05) is 12.0 Å². The van der Waals surface area contributed by atoms with E-state index >= 15 is 4.39 Å². The fraction of sp³-hybridized carbons (Fsp3) is 0.423. The van der Waals surface area contributed by atoms with Gasteiger partial charge < -0.3 is 29.8 Å². The Hall–Kier alpha value is -3.51. The second kappa shape index (κ2) is 11.3. The van der Waals surface area contributed by atoms with Crippen LogP contribution < -0.4 is 15.2 Å².